The Morgan fingerprint density at radius 1 is 1.35 bits per heavy atom. The fourth-order valence-electron chi connectivity index (χ4n) is 3.52. The first-order valence-electron chi connectivity index (χ1n) is 8.57. The largest absolute Gasteiger partial charge is 0.497 e. The van der Waals surface area contributed by atoms with Crippen molar-refractivity contribution in [3.8, 4) is 5.75 Å². The normalized spacial score (nSPS) is 15.6. The van der Waals surface area contributed by atoms with Crippen molar-refractivity contribution in [2.75, 3.05) is 7.11 Å². The van der Waals surface area contributed by atoms with Crippen LogP contribution in [0.15, 0.2) is 30.5 Å². The van der Waals surface area contributed by atoms with Gasteiger partial charge in [-0.3, -0.25) is 9.59 Å². The monoisotopic (exact) mass is 358 g/mol. The Balaban J connectivity index is 1.73. The molecule has 138 valence electrons. The summed E-state index contributed by atoms with van der Waals surface area (Å²) in [5.74, 6) is -0.303. The Bertz CT molecular complexity index is 796. The molecule has 1 saturated carbocycles. The van der Waals surface area contributed by atoms with Crippen molar-refractivity contribution in [1.82, 2.24) is 20.3 Å². The zero-order valence-electron chi connectivity index (χ0n) is 14.6. The van der Waals surface area contributed by atoms with Crippen molar-refractivity contribution in [3.63, 3.8) is 0 Å². The van der Waals surface area contributed by atoms with Crippen molar-refractivity contribution in [1.29, 1.82) is 0 Å². The first-order valence-corrected chi connectivity index (χ1v) is 8.57. The molecule has 1 aliphatic rings. The van der Waals surface area contributed by atoms with Gasteiger partial charge in [0.05, 0.1) is 25.3 Å². The number of amides is 1. The lowest BCUT2D eigenvalue weighted by molar-refractivity contribution is -0.138. The number of methoxy groups -OCH3 is 1. The predicted molar refractivity (Wildman–Crippen MR) is 92.6 cm³/mol. The van der Waals surface area contributed by atoms with E-state index in [1.807, 2.05) is 24.3 Å². The van der Waals surface area contributed by atoms with Crippen LogP contribution in [0.2, 0.25) is 0 Å². The topological polar surface area (TPSA) is 106 Å². The van der Waals surface area contributed by atoms with Crippen molar-refractivity contribution in [2.45, 2.75) is 44.2 Å². The highest BCUT2D eigenvalue weighted by atomic mass is 16.5. The van der Waals surface area contributed by atoms with E-state index in [2.05, 4.69) is 15.6 Å². The highest BCUT2D eigenvalue weighted by molar-refractivity contribution is 5.88. The van der Waals surface area contributed by atoms with E-state index in [0.29, 0.717) is 5.69 Å². The van der Waals surface area contributed by atoms with Crippen LogP contribution < -0.4 is 10.1 Å². The summed E-state index contributed by atoms with van der Waals surface area (Å²) in [6, 6.07) is 7.66. The number of ether oxygens (including phenoxy) is 1. The zero-order chi connectivity index (χ0) is 18.6. The van der Waals surface area contributed by atoms with Gasteiger partial charge in [0.15, 0.2) is 0 Å². The number of carboxylic acids is 1. The van der Waals surface area contributed by atoms with Crippen molar-refractivity contribution in [2.24, 2.45) is 0 Å². The number of aliphatic carboxylic acids is 1. The van der Waals surface area contributed by atoms with Gasteiger partial charge in [-0.25, -0.2) is 4.68 Å². The molecule has 0 spiro atoms. The molecule has 0 saturated heterocycles. The fourth-order valence-corrected chi connectivity index (χ4v) is 3.52. The van der Waals surface area contributed by atoms with E-state index in [9.17, 15) is 9.59 Å². The summed E-state index contributed by atoms with van der Waals surface area (Å²) in [5, 5.41) is 19.4. The molecule has 0 unspecified atom stereocenters. The molecule has 1 aromatic heterocycles. The summed E-state index contributed by atoms with van der Waals surface area (Å²) >= 11 is 0. The Morgan fingerprint density at radius 3 is 2.81 bits per heavy atom. The van der Waals surface area contributed by atoms with E-state index in [-0.39, 0.29) is 19.0 Å². The number of nitrogens with zero attached hydrogens (tertiary/aromatic N) is 3. The van der Waals surface area contributed by atoms with Gasteiger partial charge >= 0.3 is 5.97 Å². The lowest BCUT2D eigenvalue weighted by atomic mass is 9.78. The second kappa shape index (κ2) is 7.55. The van der Waals surface area contributed by atoms with Gasteiger partial charge in [0.2, 0.25) is 5.91 Å². The molecule has 2 aromatic rings. The number of hydrogen-bond acceptors (Lipinski definition) is 5. The van der Waals surface area contributed by atoms with Crippen LogP contribution in [0.3, 0.4) is 0 Å². The van der Waals surface area contributed by atoms with E-state index < -0.39 is 11.4 Å². The number of aromatic nitrogens is 3. The average molecular weight is 358 g/mol. The summed E-state index contributed by atoms with van der Waals surface area (Å²) in [6.45, 7) is -0.0428. The smallest absolute Gasteiger partial charge is 0.325 e. The van der Waals surface area contributed by atoms with Crippen LogP contribution in [0, 0.1) is 0 Å². The van der Waals surface area contributed by atoms with Gasteiger partial charge in [0.1, 0.15) is 18.0 Å². The maximum atomic E-state index is 13.0. The van der Waals surface area contributed by atoms with Gasteiger partial charge in [-0.05, 0) is 30.5 Å². The first-order chi connectivity index (χ1) is 12.5. The van der Waals surface area contributed by atoms with Gasteiger partial charge in [0.25, 0.3) is 0 Å². The minimum Gasteiger partial charge on any atom is -0.497 e. The average Bonchev–Trinajstić information content (AvgIpc) is 3.29. The number of benzene rings is 1. The highest BCUT2D eigenvalue weighted by Gasteiger charge is 2.42. The van der Waals surface area contributed by atoms with E-state index in [4.69, 9.17) is 9.84 Å². The number of carbonyl (C=O) groups excluding carboxylic acids is 1. The second-order valence-corrected chi connectivity index (χ2v) is 6.51. The molecule has 0 bridgehead atoms. The molecule has 8 nitrogen and oxygen atoms in total. The van der Waals surface area contributed by atoms with Crippen LogP contribution in [0.25, 0.3) is 0 Å². The first kappa shape index (κ1) is 17.9. The van der Waals surface area contributed by atoms with Crippen molar-refractivity contribution < 1.29 is 19.4 Å². The molecule has 0 aliphatic heterocycles. The van der Waals surface area contributed by atoms with E-state index in [1.54, 1.807) is 7.11 Å². The van der Waals surface area contributed by atoms with Gasteiger partial charge in [0, 0.05) is 0 Å². The Kier molecular flexibility index (Phi) is 5.20. The van der Waals surface area contributed by atoms with Crippen LogP contribution >= 0.6 is 0 Å². The van der Waals surface area contributed by atoms with E-state index >= 15 is 0 Å². The minimum atomic E-state index is -0.992. The lowest BCUT2D eigenvalue weighted by Gasteiger charge is -2.28. The van der Waals surface area contributed by atoms with E-state index in [1.165, 1.54) is 10.9 Å². The number of carboxylic acid groups (broad SMARTS) is 1. The van der Waals surface area contributed by atoms with Crippen molar-refractivity contribution in [3.05, 3.63) is 41.7 Å². The minimum absolute atomic E-state index is 0.0453. The predicted octanol–water partition coefficient (Wildman–Crippen LogP) is 1.50. The Morgan fingerprint density at radius 2 is 2.12 bits per heavy atom. The summed E-state index contributed by atoms with van der Waals surface area (Å²) in [5.41, 5.74) is 0.922. The third kappa shape index (κ3) is 3.68. The SMILES string of the molecule is COc1cccc(C2(C(=O)NCc3cn(CC(=O)O)nn3)CCCC2)c1. The number of nitrogens with one attached hydrogen (secondary N) is 1. The second-order valence-electron chi connectivity index (χ2n) is 6.51. The number of carbonyl (C=O) groups is 2. The van der Waals surface area contributed by atoms with E-state index in [0.717, 1.165) is 37.0 Å². The maximum absolute atomic E-state index is 13.0. The standard InChI is InChI=1S/C18H22N4O4/c1-26-15-6-4-5-13(9-15)18(7-2-3-8-18)17(25)19-10-14-11-22(21-20-14)12-16(23)24/h4-6,9,11H,2-3,7-8,10,12H2,1H3,(H,19,25)(H,23,24). The molecule has 1 amide bonds. The lowest BCUT2D eigenvalue weighted by Crippen LogP contribution is -2.42. The summed E-state index contributed by atoms with van der Waals surface area (Å²) in [7, 11) is 1.61. The highest BCUT2D eigenvalue weighted by Crippen LogP contribution is 2.42. The molecule has 0 radical (unpaired) electrons. The van der Waals surface area contributed by atoms with Crippen LogP contribution in [-0.2, 0) is 28.1 Å². The third-order valence-corrected chi connectivity index (χ3v) is 4.83. The van der Waals surface area contributed by atoms with Crippen LogP contribution in [0.1, 0.15) is 36.9 Å². The number of hydrogen-bond donors (Lipinski definition) is 2. The maximum Gasteiger partial charge on any atom is 0.325 e. The zero-order valence-corrected chi connectivity index (χ0v) is 14.6. The molecule has 1 aromatic carbocycles. The van der Waals surface area contributed by atoms with Crippen LogP contribution in [0.4, 0.5) is 0 Å². The van der Waals surface area contributed by atoms with Gasteiger partial charge < -0.3 is 15.2 Å². The molecule has 8 heteroatoms. The molecule has 1 aliphatic carbocycles. The molecular formula is C18H22N4O4. The molecular weight excluding hydrogens is 336 g/mol. The number of rotatable bonds is 7. The Hall–Kier alpha value is -2.90. The third-order valence-electron chi connectivity index (χ3n) is 4.83. The quantitative estimate of drug-likeness (QED) is 0.777. The van der Waals surface area contributed by atoms with Gasteiger partial charge in [-0.15, -0.1) is 5.10 Å². The van der Waals surface area contributed by atoms with Crippen LogP contribution in [-0.4, -0.2) is 39.1 Å². The molecule has 1 heterocycles. The molecule has 0 atom stereocenters. The Labute approximate surface area is 151 Å². The summed E-state index contributed by atoms with van der Waals surface area (Å²) in [6.07, 6.45) is 5.11. The van der Waals surface area contributed by atoms with Gasteiger partial charge in [-0.1, -0.05) is 30.2 Å². The van der Waals surface area contributed by atoms with Gasteiger partial charge in [-0.2, -0.15) is 0 Å². The summed E-state index contributed by atoms with van der Waals surface area (Å²) in [4.78, 5) is 23.7. The molecule has 1 fully saturated rings. The molecule has 2 N–H and O–H groups in total. The summed E-state index contributed by atoms with van der Waals surface area (Å²) < 4.78 is 6.54. The molecule has 3 rings (SSSR count). The van der Waals surface area contributed by atoms with Crippen molar-refractivity contribution >= 4 is 11.9 Å². The van der Waals surface area contributed by atoms with Crippen LogP contribution in [0.5, 0.6) is 5.75 Å². The molecule has 26 heavy (non-hydrogen) atoms. The fraction of sp³-hybridized carbons (Fsp3) is 0.444.